The zero-order valence-corrected chi connectivity index (χ0v) is 36.0. The van der Waals surface area contributed by atoms with Gasteiger partial charge in [-0.05, 0) is 42.5 Å². The number of nitrogens with zero attached hydrogens (tertiary/aromatic N) is 8. The van der Waals surface area contributed by atoms with Crippen molar-refractivity contribution in [1.82, 2.24) is 9.78 Å². The number of halogens is 1. The molecule has 6 rings (SSSR count). The Bertz CT molecular complexity index is 3380. The van der Waals surface area contributed by atoms with E-state index in [4.69, 9.17) is 14.2 Å². The Morgan fingerprint density at radius 2 is 1.24 bits per heavy atom. The molecule has 352 valence electrons. The molecule has 0 saturated heterocycles. The lowest BCUT2D eigenvalue weighted by molar-refractivity contribution is 0.0690. The highest BCUT2D eigenvalue weighted by Gasteiger charge is 2.32. The van der Waals surface area contributed by atoms with Crippen molar-refractivity contribution in [3.05, 3.63) is 84.3 Å². The standard InChI is InChI=1S/C37H31FN8O18S3/c1-62-18-6-8-23(29(14-18)65(53,54)55)40-41-24-16-28(64-13-11-48)25(17-27(24)63-12-10-47)42-43-31-30(66(56,57)58)15-20-19(34(31)49)7-9-26(35(20)67(59,60)61)46-36(50)32(33(45-46)37(51)52)44-39-22-5-3-2-4-21(22)38/h2-9,14-17,47-50H,10-13H2,1H3,(H,51,52)(H,53,54,55)(H,56,57,58)(H,59,60,61). The van der Waals surface area contributed by atoms with Gasteiger partial charge in [-0.1, -0.05) is 12.1 Å². The van der Waals surface area contributed by atoms with E-state index in [9.17, 15) is 73.6 Å². The number of fused-ring (bicyclic) bond motifs is 1. The van der Waals surface area contributed by atoms with Gasteiger partial charge in [-0.2, -0.15) is 35.0 Å². The fourth-order valence-corrected chi connectivity index (χ4v) is 8.07. The van der Waals surface area contributed by atoms with Gasteiger partial charge in [-0.25, -0.2) is 9.18 Å². The van der Waals surface area contributed by atoms with E-state index in [0.717, 1.165) is 48.5 Å². The monoisotopic (exact) mass is 990 g/mol. The minimum Gasteiger partial charge on any atom is -0.505 e. The number of ether oxygens (including phenoxy) is 3. The second-order valence-corrected chi connectivity index (χ2v) is 17.2. The van der Waals surface area contributed by atoms with Crippen LogP contribution < -0.4 is 14.2 Å². The van der Waals surface area contributed by atoms with E-state index in [1.54, 1.807) is 0 Å². The number of rotatable bonds is 18. The first-order valence-corrected chi connectivity index (χ1v) is 22.5. The maximum Gasteiger partial charge on any atom is 0.358 e. The minimum atomic E-state index is -5.62. The molecule has 1 heterocycles. The molecule has 1 aromatic heterocycles. The highest BCUT2D eigenvalue weighted by Crippen LogP contribution is 2.47. The minimum absolute atomic E-state index is 0.0367. The number of methoxy groups -OCH3 is 1. The molecular weight excluding hydrogens is 960 g/mol. The molecule has 6 aromatic rings. The Kier molecular flexibility index (Phi) is 14.2. The van der Waals surface area contributed by atoms with Crippen LogP contribution >= 0.6 is 0 Å². The van der Waals surface area contributed by atoms with Crippen LogP contribution in [0.3, 0.4) is 0 Å². The zero-order chi connectivity index (χ0) is 49.0. The molecular formula is C37H31FN8O18S3. The van der Waals surface area contributed by atoms with Gasteiger partial charge in [0.1, 0.15) is 73.6 Å². The van der Waals surface area contributed by atoms with Crippen LogP contribution in [0.15, 0.2) is 118 Å². The average molecular weight is 991 g/mol. The average Bonchev–Trinajstić information content (AvgIpc) is 3.60. The van der Waals surface area contributed by atoms with Crippen LogP contribution in [0, 0.1) is 5.82 Å². The molecule has 0 bridgehead atoms. The van der Waals surface area contributed by atoms with Gasteiger partial charge >= 0.3 is 5.97 Å². The molecule has 30 heteroatoms. The number of benzene rings is 5. The molecule has 0 saturated carbocycles. The van der Waals surface area contributed by atoms with E-state index in [0.29, 0.717) is 6.07 Å². The first kappa shape index (κ1) is 48.9. The Balaban J connectivity index is 1.53. The lowest BCUT2D eigenvalue weighted by atomic mass is 10.1. The number of carboxylic acids is 1. The number of azo groups is 3. The molecule has 0 unspecified atom stereocenters. The topological polar surface area (TPSA) is 401 Å². The molecule has 0 aliphatic heterocycles. The van der Waals surface area contributed by atoms with Crippen LogP contribution in [-0.4, -0.2) is 114 Å². The number of hydrogen-bond donors (Lipinski definition) is 8. The number of carboxylic acid groups (broad SMARTS) is 1. The van der Waals surface area contributed by atoms with Crippen molar-refractivity contribution < 1.29 is 87.8 Å². The third kappa shape index (κ3) is 10.6. The van der Waals surface area contributed by atoms with Gasteiger partial charge < -0.3 is 39.7 Å². The summed E-state index contributed by atoms with van der Waals surface area (Å²) < 4.78 is 137. The first-order chi connectivity index (χ1) is 31.6. The summed E-state index contributed by atoms with van der Waals surface area (Å²) in [5, 5.41) is 76.2. The Morgan fingerprint density at radius 1 is 0.672 bits per heavy atom. The highest BCUT2D eigenvalue weighted by molar-refractivity contribution is 7.86. The fourth-order valence-electron chi connectivity index (χ4n) is 5.91. The predicted octanol–water partition coefficient (Wildman–Crippen LogP) is 6.01. The summed E-state index contributed by atoms with van der Waals surface area (Å²) in [5.41, 5.74) is -5.39. The summed E-state index contributed by atoms with van der Waals surface area (Å²) in [4.78, 5) is 8.75. The molecule has 26 nitrogen and oxygen atoms in total. The number of aromatic nitrogens is 2. The molecule has 0 amide bonds. The summed E-state index contributed by atoms with van der Waals surface area (Å²) in [6, 6.07) is 12.4. The molecule has 67 heavy (non-hydrogen) atoms. The fraction of sp³-hybridized carbons (Fsp3) is 0.135. The second-order valence-electron chi connectivity index (χ2n) is 13.1. The summed E-state index contributed by atoms with van der Waals surface area (Å²) in [5.74, 6) is -5.77. The van der Waals surface area contributed by atoms with Crippen LogP contribution in [0.4, 0.5) is 38.5 Å². The predicted molar refractivity (Wildman–Crippen MR) is 224 cm³/mol. The van der Waals surface area contributed by atoms with E-state index in [2.05, 4.69) is 35.8 Å². The van der Waals surface area contributed by atoms with Crippen LogP contribution in [0.2, 0.25) is 0 Å². The Labute approximate surface area is 375 Å². The summed E-state index contributed by atoms with van der Waals surface area (Å²) >= 11 is 0. The van der Waals surface area contributed by atoms with Crippen molar-refractivity contribution in [3.63, 3.8) is 0 Å². The van der Waals surface area contributed by atoms with Gasteiger partial charge in [0.25, 0.3) is 30.4 Å². The third-order valence-corrected chi connectivity index (χ3v) is 11.5. The molecule has 0 aliphatic rings. The van der Waals surface area contributed by atoms with E-state index >= 15 is 0 Å². The van der Waals surface area contributed by atoms with Gasteiger partial charge in [0.15, 0.2) is 17.3 Å². The number of phenols is 1. The smallest absolute Gasteiger partial charge is 0.358 e. The first-order valence-electron chi connectivity index (χ1n) is 18.2. The van der Waals surface area contributed by atoms with E-state index in [1.807, 2.05) is 0 Å². The maximum atomic E-state index is 14.2. The molecule has 0 spiro atoms. The number of aliphatic hydroxyl groups is 2. The van der Waals surface area contributed by atoms with Crippen LogP contribution in [-0.2, 0) is 30.4 Å². The second kappa shape index (κ2) is 19.5. The normalized spacial score (nSPS) is 12.5. The summed E-state index contributed by atoms with van der Waals surface area (Å²) in [7, 11) is -14.8. The van der Waals surface area contributed by atoms with Crippen molar-refractivity contribution in [1.29, 1.82) is 0 Å². The number of phenolic OH excluding ortho intramolecular Hbond substituents is 1. The number of hydrogen-bond acceptors (Lipinski definition) is 21. The lowest BCUT2D eigenvalue weighted by Gasteiger charge is -2.15. The van der Waals surface area contributed by atoms with Crippen molar-refractivity contribution >= 4 is 81.2 Å². The van der Waals surface area contributed by atoms with E-state index in [-0.39, 0.29) is 33.3 Å². The highest BCUT2D eigenvalue weighted by atomic mass is 32.2. The lowest BCUT2D eigenvalue weighted by Crippen LogP contribution is -2.09. The summed E-state index contributed by atoms with van der Waals surface area (Å²) in [6.45, 7) is -2.00. The van der Waals surface area contributed by atoms with E-state index in [1.165, 1.54) is 25.3 Å². The van der Waals surface area contributed by atoms with Crippen LogP contribution in [0.1, 0.15) is 10.5 Å². The van der Waals surface area contributed by atoms with E-state index < -0.39 is 140 Å². The van der Waals surface area contributed by atoms with Gasteiger partial charge in [0.2, 0.25) is 11.6 Å². The molecule has 5 aromatic carbocycles. The summed E-state index contributed by atoms with van der Waals surface area (Å²) in [6.07, 6.45) is 0. The van der Waals surface area contributed by atoms with Crippen molar-refractivity contribution in [2.75, 3.05) is 33.5 Å². The number of carbonyl (C=O) groups is 1. The number of aromatic carboxylic acids is 1. The SMILES string of the molecule is COc1ccc(N=Nc2cc(OCCO)c(N=Nc3c(S(=O)(=O)O)cc4c(S(=O)(=O)O)c(-n5nc(C(=O)O)c(N=Nc6ccccc6F)c5O)ccc4c3O)cc2OCCO)c(S(=O)(=O)O)c1. The van der Waals surface area contributed by atoms with Crippen molar-refractivity contribution in [2.24, 2.45) is 30.7 Å². The van der Waals surface area contributed by atoms with Gasteiger partial charge in [0.05, 0.1) is 26.0 Å². The van der Waals surface area contributed by atoms with Crippen LogP contribution in [0.25, 0.3) is 16.5 Å². The Morgan fingerprint density at radius 3 is 1.79 bits per heavy atom. The third-order valence-electron chi connectivity index (χ3n) is 8.78. The molecule has 0 atom stereocenters. The zero-order valence-electron chi connectivity index (χ0n) is 33.6. The largest absolute Gasteiger partial charge is 0.505 e. The van der Waals surface area contributed by atoms with Gasteiger partial charge in [-0.3, -0.25) is 13.7 Å². The molecule has 0 fully saturated rings. The number of aliphatic hydroxyl groups excluding tert-OH is 2. The molecule has 0 aliphatic carbocycles. The van der Waals surface area contributed by atoms with Crippen LogP contribution in [0.5, 0.6) is 28.9 Å². The van der Waals surface area contributed by atoms with Gasteiger partial charge in [0, 0.05) is 29.0 Å². The Hall–Kier alpha value is -7.58. The molecule has 8 N–H and O–H groups in total. The van der Waals surface area contributed by atoms with Gasteiger partial charge in [-0.15, -0.1) is 30.7 Å². The van der Waals surface area contributed by atoms with Crippen molar-refractivity contribution in [3.8, 4) is 34.6 Å². The van der Waals surface area contributed by atoms with Crippen molar-refractivity contribution in [2.45, 2.75) is 14.7 Å². The quantitative estimate of drug-likeness (QED) is 0.0361. The number of aromatic hydroxyl groups is 2. The maximum absolute atomic E-state index is 14.2. The molecule has 0 radical (unpaired) electrons.